The van der Waals surface area contributed by atoms with Gasteiger partial charge in [-0.25, -0.2) is 0 Å². The largest absolute Gasteiger partial charge is 0.462 e. The highest BCUT2D eigenvalue weighted by atomic mass is 16.6. The molecule has 0 aliphatic rings. The van der Waals surface area contributed by atoms with Crippen LogP contribution in [0.2, 0.25) is 0 Å². The molecule has 0 saturated carbocycles. The van der Waals surface area contributed by atoms with E-state index in [1.807, 2.05) is 6.08 Å². The Morgan fingerprint density at radius 3 is 0.909 bits per heavy atom. The van der Waals surface area contributed by atoms with Crippen LogP contribution in [0.3, 0.4) is 0 Å². The van der Waals surface area contributed by atoms with E-state index in [0.29, 0.717) is 6.42 Å². The van der Waals surface area contributed by atoms with Crippen molar-refractivity contribution in [1.82, 2.24) is 0 Å². The molecule has 0 aromatic heterocycles. The Balaban J connectivity index is 4.53. The molecule has 0 bridgehead atoms. The van der Waals surface area contributed by atoms with Gasteiger partial charge in [-0.15, -0.1) is 0 Å². The number of carbonyl (C=O) groups is 3. The number of ether oxygens (including phenoxy) is 3. The van der Waals surface area contributed by atoms with Gasteiger partial charge in [-0.1, -0.05) is 262 Å². The van der Waals surface area contributed by atoms with Gasteiger partial charge in [0.1, 0.15) is 13.2 Å². The van der Waals surface area contributed by atoms with E-state index in [1.54, 1.807) is 6.08 Å². The number of unbranched alkanes of at least 4 members (excludes halogenated alkanes) is 18. The molecule has 1 unspecified atom stereocenters. The number of allylic oxidation sites excluding steroid dienone is 25. The fourth-order valence-corrected chi connectivity index (χ4v) is 7.96. The van der Waals surface area contributed by atoms with Gasteiger partial charge in [-0.2, -0.15) is 0 Å². The Kier molecular flexibility index (Phi) is 59.5. The van der Waals surface area contributed by atoms with E-state index in [2.05, 4.69) is 167 Å². The monoisotopic (exact) mass is 1060 g/mol. The van der Waals surface area contributed by atoms with Crippen LogP contribution in [-0.2, 0) is 28.6 Å². The smallest absolute Gasteiger partial charge is 0.309 e. The molecule has 6 heteroatoms. The van der Waals surface area contributed by atoms with Crippen molar-refractivity contribution in [1.29, 1.82) is 0 Å². The zero-order chi connectivity index (χ0) is 55.7. The molecule has 0 aliphatic heterocycles. The summed E-state index contributed by atoms with van der Waals surface area (Å²) in [5.74, 6) is -1.09. The molecule has 0 radical (unpaired) electrons. The van der Waals surface area contributed by atoms with E-state index < -0.39 is 12.1 Å². The molecule has 0 amide bonds. The van der Waals surface area contributed by atoms with E-state index in [4.69, 9.17) is 14.2 Å². The quantitative estimate of drug-likeness (QED) is 0.0261. The van der Waals surface area contributed by atoms with Gasteiger partial charge in [0.05, 0.1) is 6.42 Å². The summed E-state index contributed by atoms with van der Waals surface area (Å²) in [6.07, 6.45) is 92.6. The topological polar surface area (TPSA) is 78.9 Å². The van der Waals surface area contributed by atoms with Crippen molar-refractivity contribution < 1.29 is 28.6 Å². The van der Waals surface area contributed by atoms with Crippen LogP contribution in [0.4, 0.5) is 0 Å². The predicted molar refractivity (Wildman–Crippen MR) is 334 cm³/mol. The third kappa shape index (κ3) is 61.8. The van der Waals surface area contributed by atoms with Gasteiger partial charge < -0.3 is 14.2 Å². The van der Waals surface area contributed by atoms with E-state index in [0.717, 1.165) is 141 Å². The lowest BCUT2D eigenvalue weighted by Crippen LogP contribution is -2.30. The van der Waals surface area contributed by atoms with Crippen molar-refractivity contribution >= 4 is 17.9 Å². The SMILES string of the molecule is CC/C=C\C/C=C\C/C=C\C/C=C\C/C=C\CCCCCCCC(=O)OC(COC(=O)C/C=C\C/C=C\C/C=C\C/C=C\C/C=C\CC)COC(=O)CCCCCCCCCC/C=C\C/C=C\C/C=C\CCCCCCC. The molecule has 0 aliphatic carbocycles. The summed E-state index contributed by atoms with van der Waals surface area (Å²) in [6.45, 7) is 6.28. The zero-order valence-corrected chi connectivity index (χ0v) is 49.4. The Morgan fingerprint density at radius 2 is 0.558 bits per heavy atom. The average Bonchev–Trinajstić information content (AvgIpc) is 3.43. The summed E-state index contributed by atoms with van der Waals surface area (Å²) in [7, 11) is 0. The van der Waals surface area contributed by atoms with Gasteiger partial charge in [-0.05, 0) is 128 Å². The molecule has 0 N–H and O–H groups in total. The predicted octanol–water partition coefficient (Wildman–Crippen LogP) is 21.3. The summed E-state index contributed by atoms with van der Waals surface area (Å²) in [6, 6.07) is 0. The molecule has 0 saturated heterocycles. The van der Waals surface area contributed by atoms with Crippen molar-refractivity contribution in [3.63, 3.8) is 0 Å². The van der Waals surface area contributed by atoms with Gasteiger partial charge in [-0.3, -0.25) is 14.4 Å². The van der Waals surface area contributed by atoms with Gasteiger partial charge in [0.2, 0.25) is 0 Å². The van der Waals surface area contributed by atoms with Gasteiger partial charge >= 0.3 is 17.9 Å². The third-order valence-electron chi connectivity index (χ3n) is 12.5. The first-order valence-corrected chi connectivity index (χ1v) is 31.0. The van der Waals surface area contributed by atoms with E-state index in [9.17, 15) is 14.4 Å². The number of carbonyl (C=O) groups excluding carboxylic acids is 3. The first-order chi connectivity index (χ1) is 38.0. The Hall–Kier alpha value is -4.97. The van der Waals surface area contributed by atoms with Crippen molar-refractivity contribution in [2.75, 3.05) is 13.2 Å². The molecule has 0 rings (SSSR count). The molecule has 0 aromatic rings. The average molecular weight is 1060 g/mol. The molecular formula is C71H112O6. The van der Waals surface area contributed by atoms with Gasteiger partial charge in [0, 0.05) is 12.8 Å². The highest BCUT2D eigenvalue weighted by Gasteiger charge is 2.19. The number of rotatable bonds is 54. The number of hydrogen-bond acceptors (Lipinski definition) is 6. The standard InChI is InChI=1S/C71H112O6/c1-4-7-10-13-16-19-22-25-28-30-32-34-35-37-38-40-43-46-49-52-55-58-61-64-70(73)76-67-68(66-75-69(72)63-60-57-54-51-48-45-42-27-24-21-18-15-12-9-6-3)77-71(74)65-62-59-56-53-50-47-44-41-39-36-33-31-29-26-23-20-17-14-11-8-5-2/h8-9,11-12,17-18,20-22,25-27,29-30,32-33,35-37,41-42,44,48,51,57,60,68H,4-7,10,13-16,19,23-24,28,31,34,38-40,43,45-47,49-50,52-56,58-59,61-67H2,1-3H3/b11-8-,12-9-,20-17-,21-18-,25-22-,29-26-,32-30-,36-33-,37-35-,42-27-,44-41-,51-48-,60-57-. The third-order valence-corrected chi connectivity index (χ3v) is 12.5. The normalized spacial score (nSPS) is 13.2. The second-order valence-corrected chi connectivity index (χ2v) is 19.9. The summed E-state index contributed by atoms with van der Waals surface area (Å²) < 4.78 is 16.8. The second kappa shape index (κ2) is 63.6. The van der Waals surface area contributed by atoms with Crippen LogP contribution in [0.15, 0.2) is 158 Å². The summed E-state index contributed by atoms with van der Waals surface area (Å²) in [5, 5.41) is 0. The highest BCUT2D eigenvalue weighted by molar-refractivity contribution is 5.72. The molecule has 6 nitrogen and oxygen atoms in total. The lowest BCUT2D eigenvalue weighted by molar-refractivity contribution is -0.166. The van der Waals surface area contributed by atoms with Crippen LogP contribution < -0.4 is 0 Å². The van der Waals surface area contributed by atoms with E-state index in [-0.39, 0.29) is 38.0 Å². The fraction of sp³-hybridized carbons (Fsp3) is 0.592. The Labute approximate surface area is 473 Å². The fourth-order valence-electron chi connectivity index (χ4n) is 7.96. The molecule has 0 aromatic carbocycles. The van der Waals surface area contributed by atoms with Crippen LogP contribution in [-0.4, -0.2) is 37.2 Å². The Morgan fingerprint density at radius 1 is 0.286 bits per heavy atom. The maximum Gasteiger partial charge on any atom is 0.309 e. The van der Waals surface area contributed by atoms with E-state index in [1.165, 1.54) is 70.6 Å². The van der Waals surface area contributed by atoms with Crippen LogP contribution >= 0.6 is 0 Å². The minimum atomic E-state index is -0.841. The lowest BCUT2D eigenvalue weighted by Gasteiger charge is -2.18. The molecule has 0 fully saturated rings. The minimum absolute atomic E-state index is 0.113. The molecular weight excluding hydrogens is 949 g/mol. The van der Waals surface area contributed by atoms with Crippen LogP contribution in [0.1, 0.15) is 252 Å². The van der Waals surface area contributed by atoms with Crippen molar-refractivity contribution in [3.8, 4) is 0 Å². The van der Waals surface area contributed by atoms with E-state index >= 15 is 0 Å². The maximum atomic E-state index is 12.9. The van der Waals surface area contributed by atoms with Crippen LogP contribution in [0, 0.1) is 0 Å². The van der Waals surface area contributed by atoms with Crippen LogP contribution in [0.25, 0.3) is 0 Å². The van der Waals surface area contributed by atoms with Gasteiger partial charge in [0.15, 0.2) is 6.10 Å². The Bertz CT molecular complexity index is 1740. The van der Waals surface area contributed by atoms with Crippen molar-refractivity contribution in [2.24, 2.45) is 0 Å². The highest BCUT2D eigenvalue weighted by Crippen LogP contribution is 2.14. The minimum Gasteiger partial charge on any atom is -0.462 e. The van der Waals surface area contributed by atoms with Crippen molar-refractivity contribution in [3.05, 3.63) is 158 Å². The molecule has 1 atom stereocenters. The number of hydrogen-bond donors (Lipinski definition) is 0. The van der Waals surface area contributed by atoms with Gasteiger partial charge in [0.25, 0.3) is 0 Å². The van der Waals surface area contributed by atoms with Crippen molar-refractivity contribution in [2.45, 2.75) is 258 Å². The molecule has 432 valence electrons. The zero-order valence-electron chi connectivity index (χ0n) is 49.4. The maximum absolute atomic E-state index is 12.9. The van der Waals surface area contributed by atoms with Crippen LogP contribution in [0.5, 0.6) is 0 Å². The first-order valence-electron chi connectivity index (χ1n) is 31.0. The molecule has 0 spiro atoms. The number of esters is 3. The summed E-state index contributed by atoms with van der Waals surface area (Å²) >= 11 is 0. The summed E-state index contributed by atoms with van der Waals surface area (Å²) in [4.78, 5) is 38.2. The second-order valence-electron chi connectivity index (χ2n) is 19.9. The summed E-state index contributed by atoms with van der Waals surface area (Å²) in [5.41, 5.74) is 0. The molecule has 0 heterocycles. The first kappa shape index (κ1) is 72.0. The lowest BCUT2D eigenvalue weighted by atomic mass is 10.1. The molecule has 77 heavy (non-hydrogen) atoms.